The van der Waals surface area contributed by atoms with Crippen LogP contribution in [0.4, 0.5) is 32.0 Å². The van der Waals surface area contributed by atoms with E-state index < -0.39 is 24.2 Å². The predicted octanol–water partition coefficient (Wildman–Crippen LogP) is 0.541. The molecule has 0 saturated carbocycles. The lowest BCUT2D eigenvalue weighted by Gasteiger charge is -2.10. The monoisotopic (exact) mass is 332 g/mol. The summed E-state index contributed by atoms with van der Waals surface area (Å²) in [6, 6.07) is 2.87. The van der Waals surface area contributed by atoms with Crippen LogP contribution in [-0.4, -0.2) is 38.3 Å². The summed E-state index contributed by atoms with van der Waals surface area (Å²) >= 11 is 0. The molecule has 0 atom stereocenters. The number of aliphatic carboxylic acids is 1. The van der Waals surface area contributed by atoms with E-state index in [-0.39, 0.29) is 0 Å². The van der Waals surface area contributed by atoms with E-state index in [1.54, 1.807) is 19.0 Å². The minimum atomic E-state index is -5.19. The van der Waals surface area contributed by atoms with Crippen LogP contribution < -0.4 is 14.6 Å². The second-order valence-corrected chi connectivity index (χ2v) is 3.95. The van der Waals surface area contributed by atoms with Crippen molar-refractivity contribution >= 4 is 17.6 Å². The van der Waals surface area contributed by atoms with Crippen molar-refractivity contribution in [2.75, 3.05) is 19.0 Å². The zero-order valence-electron chi connectivity index (χ0n) is 11.2. The molecule has 0 bridgehead atoms. The van der Waals surface area contributed by atoms with Crippen LogP contribution in [0.15, 0.2) is 24.5 Å². The number of aromatic nitrogens is 1. The Morgan fingerprint density at radius 3 is 1.59 bits per heavy atom. The van der Waals surface area contributed by atoms with Crippen LogP contribution in [0.3, 0.4) is 0 Å². The highest BCUT2D eigenvalue weighted by molar-refractivity contribution is 5.73. The van der Waals surface area contributed by atoms with Gasteiger partial charge in [-0.15, -0.1) is 4.57 Å². The number of halogens is 6. The summed E-state index contributed by atoms with van der Waals surface area (Å²) in [6.07, 6.45) is -7.86. The molecular formula is C11H10F6N2O3. The minimum Gasteiger partial charge on any atom is -0.542 e. The van der Waals surface area contributed by atoms with Gasteiger partial charge in [0.25, 0.3) is 0 Å². The summed E-state index contributed by atoms with van der Waals surface area (Å²) in [4.78, 5) is 21.3. The third kappa shape index (κ3) is 6.41. The fourth-order valence-corrected chi connectivity index (χ4v) is 0.999. The number of nitrogens with zero attached hydrogens (tertiary/aromatic N) is 2. The number of carboxylic acids is 1. The predicted molar refractivity (Wildman–Crippen MR) is 58.7 cm³/mol. The van der Waals surface area contributed by atoms with Crippen LogP contribution >= 0.6 is 0 Å². The van der Waals surface area contributed by atoms with Gasteiger partial charge in [0.1, 0.15) is 5.97 Å². The maximum Gasteiger partial charge on any atom is 0.521 e. The van der Waals surface area contributed by atoms with Crippen molar-refractivity contribution in [2.45, 2.75) is 12.4 Å². The third-order valence-corrected chi connectivity index (χ3v) is 2.04. The van der Waals surface area contributed by atoms with Crippen LogP contribution in [0, 0.1) is 0 Å². The first-order valence-corrected chi connectivity index (χ1v) is 5.35. The third-order valence-electron chi connectivity index (χ3n) is 2.04. The molecule has 0 unspecified atom stereocenters. The van der Waals surface area contributed by atoms with Gasteiger partial charge in [0.15, 0.2) is 12.4 Å². The Kier molecular flexibility index (Phi) is 6.34. The van der Waals surface area contributed by atoms with Crippen molar-refractivity contribution in [1.82, 2.24) is 0 Å². The zero-order valence-corrected chi connectivity index (χ0v) is 11.2. The molecule has 0 aliphatic rings. The summed E-state index contributed by atoms with van der Waals surface area (Å²) in [5.74, 6) is -4.90. The van der Waals surface area contributed by atoms with Gasteiger partial charge < -0.3 is 14.8 Å². The van der Waals surface area contributed by atoms with Crippen molar-refractivity contribution in [1.29, 1.82) is 0 Å². The van der Waals surface area contributed by atoms with Crippen molar-refractivity contribution < 1.29 is 45.6 Å². The number of carbonyl (C=O) groups is 2. The van der Waals surface area contributed by atoms with Crippen LogP contribution in [0.2, 0.25) is 0 Å². The van der Waals surface area contributed by atoms with Crippen LogP contribution in [0.1, 0.15) is 4.79 Å². The summed E-state index contributed by atoms with van der Waals surface area (Å²) in [5.41, 5.74) is 0.723. The molecule has 0 aliphatic heterocycles. The SMILES string of the molecule is CN(C)c1cc[n+](C(=O)C(F)(F)F)cc1.O=C([O-])C(F)(F)F. The number of anilines is 1. The second kappa shape index (κ2) is 7.09. The fourth-order valence-electron chi connectivity index (χ4n) is 0.999. The molecule has 0 saturated heterocycles. The molecule has 124 valence electrons. The van der Waals surface area contributed by atoms with Crippen molar-refractivity contribution in [3.63, 3.8) is 0 Å². The summed E-state index contributed by atoms with van der Waals surface area (Å²) in [7, 11) is 3.51. The van der Waals surface area contributed by atoms with Gasteiger partial charge in [-0.05, 0) is 0 Å². The number of pyridine rings is 1. The maximum absolute atomic E-state index is 12.0. The molecule has 0 fully saturated rings. The highest BCUT2D eigenvalue weighted by Gasteiger charge is 2.47. The van der Waals surface area contributed by atoms with E-state index in [0.29, 0.717) is 4.57 Å². The average Bonchev–Trinajstić information content (AvgIpc) is 2.36. The summed E-state index contributed by atoms with van der Waals surface area (Å²) in [6.45, 7) is 0. The van der Waals surface area contributed by atoms with E-state index in [0.717, 1.165) is 18.1 Å². The number of hydrogen-bond donors (Lipinski definition) is 0. The topological polar surface area (TPSA) is 64.3 Å². The molecule has 0 radical (unpaired) electrons. The molecule has 0 aliphatic carbocycles. The Morgan fingerprint density at radius 2 is 1.36 bits per heavy atom. The first-order valence-electron chi connectivity index (χ1n) is 5.35. The highest BCUT2D eigenvalue weighted by atomic mass is 19.4. The van der Waals surface area contributed by atoms with Crippen LogP contribution in [0.25, 0.3) is 0 Å². The molecule has 1 aromatic heterocycles. The van der Waals surface area contributed by atoms with Gasteiger partial charge in [0, 0.05) is 31.9 Å². The van der Waals surface area contributed by atoms with Gasteiger partial charge in [0.05, 0.1) is 0 Å². The number of carbonyl (C=O) groups excluding carboxylic acids is 2. The Labute approximate surface area is 120 Å². The lowest BCUT2D eigenvalue weighted by atomic mass is 10.4. The maximum atomic E-state index is 12.0. The van der Waals surface area contributed by atoms with Crippen LogP contribution in [0.5, 0.6) is 0 Å². The lowest BCUT2D eigenvalue weighted by molar-refractivity contribution is -0.586. The van der Waals surface area contributed by atoms with Gasteiger partial charge in [0.2, 0.25) is 0 Å². The molecule has 11 heteroatoms. The molecule has 0 N–H and O–H groups in total. The number of alkyl halides is 6. The number of carboxylic acid groups (broad SMARTS) is 1. The van der Waals surface area contributed by atoms with E-state index in [2.05, 4.69) is 0 Å². The van der Waals surface area contributed by atoms with E-state index in [1.807, 2.05) is 0 Å². The zero-order chi connectivity index (χ0) is 17.7. The highest BCUT2D eigenvalue weighted by Crippen LogP contribution is 2.15. The largest absolute Gasteiger partial charge is 0.542 e. The molecule has 1 heterocycles. The first kappa shape index (κ1) is 19.7. The van der Waals surface area contributed by atoms with E-state index in [9.17, 15) is 31.1 Å². The Bertz CT molecular complexity index is 522. The molecule has 0 spiro atoms. The number of rotatable bonds is 1. The smallest absolute Gasteiger partial charge is 0.521 e. The van der Waals surface area contributed by atoms with Gasteiger partial charge in [-0.3, -0.25) is 0 Å². The Balaban J connectivity index is 0.000000534. The van der Waals surface area contributed by atoms with Crippen LogP contribution in [-0.2, 0) is 4.79 Å². The van der Waals surface area contributed by atoms with Gasteiger partial charge in [-0.1, -0.05) is 0 Å². The molecule has 0 aromatic carbocycles. The summed E-state index contributed by atoms with van der Waals surface area (Å²) in [5, 5.41) is 8.78. The Hall–Kier alpha value is -2.33. The molecule has 1 rings (SSSR count). The van der Waals surface area contributed by atoms with E-state index >= 15 is 0 Å². The first-order chi connectivity index (χ1) is 9.76. The van der Waals surface area contributed by atoms with Gasteiger partial charge in [-0.2, -0.15) is 26.3 Å². The standard InChI is InChI=1S/C9H10F3N2O.C2HF3O2/c1-13(2)7-3-5-14(6-4-7)8(15)9(10,11)12;3-2(4,5)1(6)7/h3-6H,1-2H3;(H,6,7)/q+1;/p-1. The average molecular weight is 332 g/mol. The summed E-state index contributed by atoms with van der Waals surface area (Å²) < 4.78 is 68.1. The van der Waals surface area contributed by atoms with Gasteiger partial charge >= 0.3 is 18.3 Å². The second-order valence-electron chi connectivity index (χ2n) is 3.95. The van der Waals surface area contributed by atoms with Gasteiger partial charge in [-0.25, -0.2) is 4.79 Å². The van der Waals surface area contributed by atoms with E-state index in [4.69, 9.17) is 9.90 Å². The van der Waals surface area contributed by atoms with Crippen molar-refractivity contribution in [2.24, 2.45) is 0 Å². The number of hydrogen-bond acceptors (Lipinski definition) is 4. The molecular weight excluding hydrogens is 322 g/mol. The Morgan fingerprint density at radius 1 is 1.00 bits per heavy atom. The molecule has 0 amide bonds. The lowest BCUT2D eigenvalue weighted by Crippen LogP contribution is -2.50. The van der Waals surface area contributed by atoms with Crippen molar-refractivity contribution in [3.8, 4) is 0 Å². The van der Waals surface area contributed by atoms with E-state index in [1.165, 1.54) is 12.1 Å². The molecule has 5 nitrogen and oxygen atoms in total. The quantitative estimate of drug-likeness (QED) is 0.556. The normalized spacial score (nSPS) is 11.3. The fraction of sp³-hybridized carbons (Fsp3) is 0.364. The molecule has 1 aromatic rings. The minimum absolute atomic E-state index is 0.507. The van der Waals surface area contributed by atoms with Crippen molar-refractivity contribution in [3.05, 3.63) is 24.5 Å². The molecule has 22 heavy (non-hydrogen) atoms.